The van der Waals surface area contributed by atoms with Crippen molar-refractivity contribution in [1.82, 2.24) is 23.4 Å². The Kier molecular flexibility index (Phi) is 17.9. The predicted molar refractivity (Wildman–Crippen MR) is 458 cm³/mol. The van der Waals surface area contributed by atoms with Gasteiger partial charge in [-0.05, 0) is 202 Å². The number of aryl methyl sites for hydroxylation is 3. The van der Waals surface area contributed by atoms with Crippen LogP contribution in [0.2, 0.25) is 0 Å². The molecular weight excluding hydrogens is 1460 g/mol. The summed E-state index contributed by atoms with van der Waals surface area (Å²) in [5, 5.41) is 6.17. The molecule has 0 radical (unpaired) electrons. The lowest BCUT2D eigenvalue weighted by Gasteiger charge is -2.13. The zero-order valence-electron chi connectivity index (χ0n) is 65.7. The van der Waals surface area contributed by atoms with Crippen LogP contribution in [0.25, 0.3) is 143 Å². The van der Waals surface area contributed by atoms with Crippen LogP contribution in [0.15, 0.2) is 171 Å². The van der Waals surface area contributed by atoms with Crippen LogP contribution in [-0.2, 0) is 32.7 Å². The van der Waals surface area contributed by atoms with Gasteiger partial charge in [-0.15, -0.1) is 56.1 Å². The molecule has 1 atom stereocenters. The highest BCUT2D eigenvalue weighted by Crippen LogP contribution is 2.44. The highest BCUT2D eigenvalue weighted by atomic mass is 31.0. The van der Waals surface area contributed by atoms with Gasteiger partial charge in [0.1, 0.15) is 56.0 Å². The average Bonchev–Trinajstić information content (AvgIpc) is 1.61. The molecule has 554 valence electrons. The fourth-order valence-electron chi connectivity index (χ4n) is 17.4. The molecule has 1 unspecified atom stereocenters. The van der Waals surface area contributed by atoms with Gasteiger partial charge >= 0.3 is 0 Å². The first-order chi connectivity index (χ1) is 56.5. The van der Waals surface area contributed by atoms with Gasteiger partial charge in [0.15, 0.2) is 89.6 Å². The van der Waals surface area contributed by atoms with Crippen LogP contribution < -0.4 is 28.7 Å². The van der Waals surface area contributed by atoms with E-state index >= 15 is 0 Å². The van der Waals surface area contributed by atoms with Crippen molar-refractivity contribution in [3.8, 4) is 39.6 Å². The molecule has 0 N–H and O–H groups in total. The van der Waals surface area contributed by atoms with Crippen molar-refractivity contribution in [1.29, 1.82) is 0 Å². The van der Waals surface area contributed by atoms with E-state index in [1.807, 2.05) is 79.0 Å². The van der Waals surface area contributed by atoms with E-state index in [2.05, 4.69) is 259 Å². The fourth-order valence-corrected chi connectivity index (χ4v) is 17.7. The van der Waals surface area contributed by atoms with Crippen LogP contribution in [0.3, 0.4) is 0 Å². The van der Waals surface area contributed by atoms with Gasteiger partial charge in [0.2, 0.25) is 31.0 Å². The maximum atomic E-state index is 7.37. The summed E-state index contributed by atoms with van der Waals surface area (Å²) >= 11 is 0. The molecule has 5 aliphatic rings. The van der Waals surface area contributed by atoms with E-state index in [1.54, 1.807) is 6.07 Å². The summed E-state index contributed by atoms with van der Waals surface area (Å²) in [6.45, 7) is 98.6. The van der Waals surface area contributed by atoms with E-state index in [9.17, 15) is 0 Å². The highest BCUT2D eigenvalue weighted by molar-refractivity contribution is 7.27. The number of aromatic nitrogens is 10. The van der Waals surface area contributed by atoms with Crippen LogP contribution in [-0.4, -0.2) is 23.4 Å². The molecule has 0 amide bonds. The molecule has 20 nitrogen and oxygen atoms in total. The van der Waals surface area contributed by atoms with Crippen LogP contribution >= 0.6 is 9.24 Å². The zero-order valence-corrected chi connectivity index (χ0v) is 66.9. The number of hydrogen-bond donors (Lipinski definition) is 0. The van der Waals surface area contributed by atoms with Gasteiger partial charge < -0.3 is 0 Å². The highest BCUT2D eigenvalue weighted by Gasteiger charge is 2.37. The quantitative estimate of drug-likeness (QED) is 0.0891. The van der Waals surface area contributed by atoms with E-state index in [4.69, 9.17) is 65.7 Å². The smallest absolute Gasteiger partial charge is 0.202 e. The molecule has 0 saturated carbocycles. The molecule has 21 rings (SSSR count). The third-order valence-corrected chi connectivity index (χ3v) is 24.2. The minimum Gasteiger partial charge on any atom is -0.250 e. The van der Waals surface area contributed by atoms with E-state index in [0.29, 0.717) is 56.9 Å². The van der Waals surface area contributed by atoms with Gasteiger partial charge in [-0.25, -0.2) is 0 Å². The van der Waals surface area contributed by atoms with Crippen molar-refractivity contribution in [2.24, 2.45) is 0 Å². The second-order valence-electron chi connectivity index (χ2n) is 30.1. The van der Waals surface area contributed by atoms with Crippen molar-refractivity contribution < 1.29 is 23.4 Å². The molecule has 16 aromatic rings. The third kappa shape index (κ3) is 11.8. The topological polar surface area (TPSA) is 87.6 Å². The Morgan fingerprint density at radius 3 is 1.09 bits per heavy atom. The Morgan fingerprint density at radius 2 is 0.624 bits per heavy atom. The fraction of sp³-hybridized carbons (Fsp3) is 0.156. The molecule has 21 heteroatoms. The van der Waals surface area contributed by atoms with Crippen LogP contribution in [0.1, 0.15) is 83.5 Å². The van der Waals surface area contributed by atoms with Gasteiger partial charge in [-0.3, -0.25) is 48.5 Å². The number of rotatable bonds is 1. The van der Waals surface area contributed by atoms with Crippen molar-refractivity contribution in [3.05, 3.63) is 368 Å². The zero-order chi connectivity index (χ0) is 82.0. The first kappa shape index (κ1) is 73.9. The minimum absolute atomic E-state index is 0.404. The molecule has 0 fully saturated rings. The van der Waals surface area contributed by atoms with E-state index in [-0.39, 0.29) is 0 Å². The Bertz CT molecular complexity index is 7680. The predicted octanol–water partition coefficient (Wildman–Crippen LogP) is 21.2. The lowest BCUT2D eigenvalue weighted by Crippen LogP contribution is -2.36. The van der Waals surface area contributed by atoms with E-state index in [0.717, 1.165) is 98.6 Å². The lowest BCUT2D eigenvalue weighted by atomic mass is 9.92. The molecule has 0 bridgehead atoms. The number of nitrogens with zero attached hydrogens (tertiary/aromatic N) is 20. The monoisotopic (exact) mass is 1530 g/mol. The average molecular weight is 1530 g/mol. The minimum atomic E-state index is 0.404. The Labute approximate surface area is 678 Å². The second kappa shape index (κ2) is 28.4. The third-order valence-electron chi connectivity index (χ3n) is 23.8. The molecule has 0 saturated heterocycles. The Balaban J connectivity index is 0.000000105. The number of hydrogen-bond acceptors (Lipinski definition) is 0. The SMILES string of the molecule is [C-]#[N+]c1cc2c[n+]3n(c2cc1[N+]#[C-])-c1c(C)c(C)c(C)c(C)c1C3.[C-]#[N+]c1cc2c[n+]3n(c2cc1[N+]#[C-])-c1c(C)c(C)cc(C)c1C3.[C-]#[N+]c1cc2c[n+]3n(c2cc1[N+]#[C-])-c1c(cc(C)c(C)c1C)C3.[C-]#[N+]c1cc2c[n+]3n(c2cc1[N+]#[C-])-c1cc(-c2ccccc2)ccc1C3.[C-]#[N+]c1cc2c[n+]3n(c2cc1[N+]#[C-])-c1ccc(P)cc1C3. The number of fused-ring (bicyclic) bond motifs is 25. The first-order valence-corrected chi connectivity index (χ1v) is 38.2. The van der Waals surface area contributed by atoms with Gasteiger partial charge in [0.05, 0.1) is 104 Å². The molecule has 0 aliphatic carbocycles. The summed E-state index contributed by atoms with van der Waals surface area (Å²) in [6, 6.07) is 46.0. The van der Waals surface area contributed by atoms with Crippen LogP contribution in [0.4, 0.5) is 56.9 Å². The van der Waals surface area contributed by atoms with Crippen LogP contribution in [0.5, 0.6) is 0 Å². The van der Waals surface area contributed by atoms with Crippen molar-refractivity contribution in [2.75, 3.05) is 0 Å². The normalized spacial score (nSPS) is 11.8. The van der Waals surface area contributed by atoms with E-state index < -0.39 is 0 Å². The maximum Gasteiger partial charge on any atom is 0.202 e. The summed E-state index contributed by atoms with van der Waals surface area (Å²) < 4.78 is 21.7. The molecule has 5 aromatic heterocycles. The molecule has 117 heavy (non-hydrogen) atoms. The summed E-state index contributed by atoms with van der Waals surface area (Å²) in [7, 11) is 2.72. The van der Waals surface area contributed by atoms with E-state index in [1.165, 1.54) is 117 Å². The largest absolute Gasteiger partial charge is 0.250 e. The van der Waals surface area contributed by atoms with Crippen molar-refractivity contribution in [3.63, 3.8) is 0 Å². The lowest BCUT2D eigenvalue weighted by molar-refractivity contribution is -0.749. The van der Waals surface area contributed by atoms with Gasteiger partial charge in [0, 0.05) is 16.7 Å². The maximum absolute atomic E-state index is 7.37. The summed E-state index contributed by atoms with van der Waals surface area (Å²) in [5.74, 6) is 0. The van der Waals surface area contributed by atoms with Crippen molar-refractivity contribution >= 4 is 126 Å². The van der Waals surface area contributed by atoms with Crippen LogP contribution in [0, 0.1) is 135 Å². The summed E-state index contributed by atoms with van der Waals surface area (Å²) in [6.07, 6.45) is 10.3. The standard InChI is InChI=1S/C22H13N4.C20H17N4.2C19H15N4.C16H10N4P/c1-23-19-10-18-14-25-13-17-9-8-16(15-6-4-3-5-7-15)11-21(17)26(25)22(18)12-20(19)24-2;1-11-12(2)14(4)20-16(13(11)3)10-23-9-15-7-17(21-5)18(22-6)8-19(15)24(20)23;1-11-6-15-10-22-9-14-7-16(20-4)17(21-5)8-18(14)23(22)19(15)13(3)12(11)2;1-11-6-12(2)15-10-22-9-14-7-16(20-4)17(21-5)8-18(14)23(22)19(15)13(11)3;1-17-13-6-11-9-19-8-10-5-12(21)3-4-15(10)20(19)16(11)7-14(13)18-2/h3-12,14H,13H2;7-9H,10H2,1-4H3;2*6-9H,10H2,1-3H3;3-7,9H,8,21H2/q5*+1. The van der Waals surface area contributed by atoms with Crippen molar-refractivity contribution in [2.45, 2.75) is 102 Å². The van der Waals surface area contributed by atoms with Gasteiger partial charge in [-0.2, -0.15) is 0 Å². The molecular formula is C96H70N20P+5. The van der Waals surface area contributed by atoms with Gasteiger partial charge in [0.25, 0.3) is 0 Å². The van der Waals surface area contributed by atoms with Gasteiger partial charge in [-0.1, -0.05) is 78.9 Å². The summed E-state index contributed by atoms with van der Waals surface area (Å²) in [4.78, 5) is 35.0. The summed E-state index contributed by atoms with van der Waals surface area (Å²) in [5.41, 5.74) is 37.0. The Morgan fingerprint density at radius 1 is 0.265 bits per heavy atom. The second-order valence-corrected chi connectivity index (χ2v) is 30.8. The molecule has 0 spiro atoms. The molecule has 5 aliphatic heterocycles. The molecule has 10 heterocycles. The number of benzene rings is 11. The molecule has 11 aromatic carbocycles. The first-order valence-electron chi connectivity index (χ1n) is 37.6. The Hall–Kier alpha value is -15.9.